The molecule has 91 valence electrons. The maximum absolute atomic E-state index is 11.0. The van der Waals surface area contributed by atoms with Crippen molar-refractivity contribution in [3.63, 3.8) is 0 Å². The highest BCUT2D eigenvalue weighted by atomic mass is 35.5. The monoisotopic (exact) mass is 258 g/mol. The average molecular weight is 259 g/mol. The van der Waals surface area contributed by atoms with E-state index in [1.807, 2.05) is 61.0 Å². The molecule has 0 saturated heterocycles. The second kappa shape index (κ2) is 6.22. The molecule has 1 radical (unpaired) electrons. The predicted octanol–water partition coefficient (Wildman–Crippen LogP) is 3.41. The van der Waals surface area contributed by atoms with Gasteiger partial charge in [-0.1, -0.05) is 60.1 Å². The van der Waals surface area contributed by atoms with Gasteiger partial charge in [-0.15, -0.1) is 0 Å². The van der Waals surface area contributed by atoms with Crippen LogP contribution < -0.4 is 0 Å². The minimum atomic E-state index is 0.470. The summed E-state index contributed by atoms with van der Waals surface area (Å²) in [5, 5.41) is 0.672. The lowest BCUT2D eigenvalue weighted by Gasteiger charge is -2.17. The predicted molar refractivity (Wildman–Crippen MR) is 72.8 cm³/mol. The van der Waals surface area contributed by atoms with Crippen LogP contribution in [-0.4, -0.2) is 11.3 Å². The summed E-state index contributed by atoms with van der Waals surface area (Å²) in [6, 6.07) is 17.3. The molecule has 0 saturated carbocycles. The fraction of sp³-hybridized carbons (Fsp3) is 0.133. The van der Waals surface area contributed by atoms with Crippen LogP contribution in [0.15, 0.2) is 54.6 Å². The van der Waals surface area contributed by atoms with E-state index in [9.17, 15) is 4.79 Å². The fourth-order valence-corrected chi connectivity index (χ4v) is 1.95. The van der Waals surface area contributed by atoms with Gasteiger partial charge >= 0.3 is 6.41 Å². The molecular weight excluding hydrogens is 246 g/mol. The molecule has 0 aromatic heterocycles. The van der Waals surface area contributed by atoms with Gasteiger partial charge in [-0.3, -0.25) is 4.79 Å². The summed E-state index contributed by atoms with van der Waals surface area (Å²) in [6.07, 6.45) is 1.95. The van der Waals surface area contributed by atoms with E-state index < -0.39 is 0 Å². The zero-order chi connectivity index (χ0) is 12.8. The Bertz CT molecular complexity index is 513. The van der Waals surface area contributed by atoms with Crippen LogP contribution in [0, 0.1) is 0 Å². The normalized spacial score (nSPS) is 10.1. The van der Waals surface area contributed by atoms with Crippen LogP contribution in [0.1, 0.15) is 11.1 Å². The molecule has 0 fully saturated rings. The Morgan fingerprint density at radius 1 is 0.944 bits per heavy atom. The third-order valence-corrected chi connectivity index (χ3v) is 3.03. The van der Waals surface area contributed by atoms with Crippen LogP contribution in [0.4, 0.5) is 0 Å². The first-order valence-corrected chi connectivity index (χ1v) is 6.07. The highest BCUT2D eigenvalue weighted by molar-refractivity contribution is 6.31. The maximum atomic E-state index is 11.0. The molecule has 2 aromatic carbocycles. The minimum Gasteiger partial charge on any atom is -0.326 e. The second-order valence-corrected chi connectivity index (χ2v) is 4.43. The van der Waals surface area contributed by atoms with Gasteiger partial charge in [0.15, 0.2) is 0 Å². The molecule has 2 rings (SSSR count). The topological polar surface area (TPSA) is 20.3 Å². The molecule has 18 heavy (non-hydrogen) atoms. The van der Waals surface area contributed by atoms with Crippen molar-refractivity contribution >= 4 is 18.0 Å². The van der Waals surface area contributed by atoms with Gasteiger partial charge in [-0.25, -0.2) is 0 Å². The van der Waals surface area contributed by atoms with Crippen LogP contribution in [0.3, 0.4) is 0 Å². The lowest BCUT2D eigenvalue weighted by molar-refractivity contribution is 0.368. The molecule has 0 aliphatic heterocycles. The van der Waals surface area contributed by atoms with Gasteiger partial charge in [-0.2, -0.15) is 0 Å². The Morgan fingerprint density at radius 3 is 2.28 bits per heavy atom. The van der Waals surface area contributed by atoms with Crippen LogP contribution in [0.5, 0.6) is 0 Å². The van der Waals surface area contributed by atoms with E-state index in [0.29, 0.717) is 18.1 Å². The molecule has 0 spiro atoms. The fourth-order valence-electron chi connectivity index (χ4n) is 1.76. The summed E-state index contributed by atoms with van der Waals surface area (Å²) >= 11 is 6.07. The summed E-state index contributed by atoms with van der Waals surface area (Å²) in [6.45, 7) is 1.01. The van der Waals surface area contributed by atoms with E-state index in [0.717, 1.165) is 11.1 Å². The van der Waals surface area contributed by atoms with Gasteiger partial charge in [0.25, 0.3) is 0 Å². The molecule has 3 heteroatoms. The zero-order valence-corrected chi connectivity index (χ0v) is 10.6. The number of amides is 1. The van der Waals surface area contributed by atoms with E-state index in [-0.39, 0.29) is 0 Å². The molecule has 0 unspecified atom stereocenters. The van der Waals surface area contributed by atoms with Crippen LogP contribution in [0.2, 0.25) is 5.02 Å². The summed E-state index contributed by atoms with van der Waals surface area (Å²) in [7, 11) is 0. The highest BCUT2D eigenvalue weighted by Crippen LogP contribution is 2.17. The van der Waals surface area contributed by atoms with E-state index in [1.54, 1.807) is 4.90 Å². The Kier molecular flexibility index (Phi) is 4.37. The van der Waals surface area contributed by atoms with E-state index >= 15 is 0 Å². The first kappa shape index (κ1) is 12.7. The molecule has 2 aromatic rings. The number of halogens is 1. The Morgan fingerprint density at radius 2 is 1.61 bits per heavy atom. The van der Waals surface area contributed by atoms with Gasteiger partial charge in [-0.05, 0) is 17.2 Å². The number of nitrogens with zero attached hydrogens (tertiary/aromatic N) is 1. The lowest BCUT2D eigenvalue weighted by atomic mass is 10.2. The van der Waals surface area contributed by atoms with Gasteiger partial charge < -0.3 is 4.90 Å². The summed E-state index contributed by atoms with van der Waals surface area (Å²) in [5.74, 6) is 0. The third-order valence-electron chi connectivity index (χ3n) is 2.66. The van der Waals surface area contributed by atoms with Crippen molar-refractivity contribution in [1.29, 1.82) is 0 Å². The van der Waals surface area contributed by atoms with E-state index in [1.165, 1.54) is 0 Å². The molecule has 2 nitrogen and oxygen atoms in total. The number of rotatable bonds is 5. The number of benzene rings is 2. The number of carbonyl (C=O) groups excluding carboxylic acids is 1. The van der Waals surface area contributed by atoms with Crippen LogP contribution in [-0.2, 0) is 17.9 Å². The average Bonchev–Trinajstić information content (AvgIpc) is 2.41. The maximum Gasteiger partial charge on any atom is 0.312 e. The molecular formula is C15H13ClNO. The van der Waals surface area contributed by atoms with Crippen molar-refractivity contribution in [3.8, 4) is 0 Å². The summed E-state index contributed by atoms with van der Waals surface area (Å²) < 4.78 is 0. The van der Waals surface area contributed by atoms with E-state index in [2.05, 4.69) is 0 Å². The summed E-state index contributed by atoms with van der Waals surface area (Å²) in [5.41, 5.74) is 2.01. The molecule has 0 heterocycles. The van der Waals surface area contributed by atoms with Crippen molar-refractivity contribution in [2.24, 2.45) is 0 Å². The van der Waals surface area contributed by atoms with Crippen molar-refractivity contribution < 1.29 is 4.79 Å². The quantitative estimate of drug-likeness (QED) is 0.753. The Hall–Kier alpha value is -1.80. The van der Waals surface area contributed by atoms with Gasteiger partial charge in [0.05, 0.1) is 0 Å². The minimum absolute atomic E-state index is 0.470. The Labute approximate surface area is 112 Å². The highest BCUT2D eigenvalue weighted by Gasteiger charge is 2.07. The lowest BCUT2D eigenvalue weighted by Crippen LogP contribution is -2.20. The molecule has 0 bridgehead atoms. The molecule has 0 N–H and O–H groups in total. The van der Waals surface area contributed by atoms with Gasteiger partial charge in [0.2, 0.25) is 0 Å². The second-order valence-electron chi connectivity index (χ2n) is 4.02. The first-order valence-electron chi connectivity index (χ1n) is 5.69. The number of hydrogen-bond donors (Lipinski definition) is 0. The van der Waals surface area contributed by atoms with Crippen molar-refractivity contribution in [2.45, 2.75) is 13.1 Å². The molecule has 0 atom stereocenters. The van der Waals surface area contributed by atoms with Crippen molar-refractivity contribution in [2.75, 3.05) is 0 Å². The molecule has 0 aliphatic carbocycles. The summed E-state index contributed by atoms with van der Waals surface area (Å²) in [4.78, 5) is 12.6. The first-order chi connectivity index (χ1) is 8.79. The van der Waals surface area contributed by atoms with Crippen LogP contribution in [0.25, 0.3) is 0 Å². The number of hydrogen-bond acceptors (Lipinski definition) is 1. The van der Waals surface area contributed by atoms with Crippen molar-refractivity contribution in [1.82, 2.24) is 4.90 Å². The van der Waals surface area contributed by atoms with Gasteiger partial charge in [0, 0.05) is 18.1 Å². The van der Waals surface area contributed by atoms with Crippen molar-refractivity contribution in [3.05, 3.63) is 70.7 Å². The van der Waals surface area contributed by atoms with E-state index in [4.69, 9.17) is 11.6 Å². The smallest absolute Gasteiger partial charge is 0.312 e. The zero-order valence-electron chi connectivity index (χ0n) is 9.84. The molecule has 0 aliphatic rings. The van der Waals surface area contributed by atoms with Crippen LogP contribution >= 0.6 is 11.6 Å². The van der Waals surface area contributed by atoms with Gasteiger partial charge in [0.1, 0.15) is 0 Å². The SMILES string of the molecule is O=[C]N(Cc1ccccc1)Cc1ccccc1Cl. The molecule has 1 amide bonds. The Balaban J connectivity index is 2.07. The standard InChI is InChI=1S/C15H13ClNO/c16-15-9-5-4-8-14(15)11-17(12-18)10-13-6-2-1-3-7-13/h1-9H,10-11H2. The largest absolute Gasteiger partial charge is 0.326 e. The third kappa shape index (κ3) is 3.34.